The van der Waals surface area contributed by atoms with Crippen molar-refractivity contribution in [1.29, 1.82) is 0 Å². The van der Waals surface area contributed by atoms with Gasteiger partial charge in [0.05, 0.1) is 11.9 Å². The number of nitrogens with one attached hydrogen (secondary N) is 1. The lowest BCUT2D eigenvalue weighted by Crippen LogP contribution is -2.42. The number of amides is 2. The van der Waals surface area contributed by atoms with Crippen LogP contribution in [0.2, 0.25) is 0 Å². The Morgan fingerprint density at radius 1 is 1.26 bits per heavy atom. The number of likely N-dealkylation sites (N-methyl/N-ethyl adjacent to an activating group) is 1. The molecular formula is C29H32F2N8O3S. The number of benzene rings is 1. The number of ether oxygens (including phenoxy) is 1. The molecule has 3 aromatic heterocycles. The number of hydrogen-bond donors (Lipinski definition) is 1. The van der Waals surface area contributed by atoms with E-state index in [0.29, 0.717) is 17.6 Å². The number of piperidine rings is 1. The molecule has 2 amide bonds. The molecule has 0 spiro atoms. The maximum absolute atomic E-state index is 13.4. The molecule has 2 aliphatic rings. The van der Waals surface area contributed by atoms with Gasteiger partial charge in [-0.1, -0.05) is 0 Å². The number of aryl methyl sites for hydroxylation is 1. The number of carbonyl (C=O) groups excluding carboxylic acids is 2. The van der Waals surface area contributed by atoms with Gasteiger partial charge in [0.1, 0.15) is 17.0 Å². The second-order valence-electron chi connectivity index (χ2n) is 10.8. The highest BCUT2D eigenvalue weighted by Crippen LogP contribution is 2.38. The van der Waals surface area contributed by atoms with Crippen LogP contribution >= 0.6 is 11.8 Å². The Hall–Kier alpha value is -4.04. The molecule has 0 saturated carbocycles. The Bertz CT molecular complexity index is 1640. The monoisotopic (exact) mass is 610 g/mol. The summed E-state index contributed by atoms with van der Waals surface area (Å²) in [6, 6.07) is 6.91. The van der Waals surface area contributed by atoms with Crippen LogP contribution in [0.1, 0.15) is 29.6 Å². The van der Waals surface area contributed by atoms with Gasteiger partial charge in [-0.3, -0.25) is 14.3 Å². The first-order valence-corrected chi connectivity index (χ1v) is 15.3. The molecule has 2 saturated heterocycles. The summed E-state index contributed by atoms with van der Waals surface area (Å²) in [5.74, 6) is -0.0426. The standard InChI is InChI=1S/C29H32F2N8O3S/c1-36-10-3-5-18-15-37(17-23(18)36)25(40)8-12-38-16-22(34-28(41)21-14-33-39-11-4-9-32-27(21)39)26(35-38)20-13-19(43-2)6-7-24(20)42-29(30)31/h4,6-7,9,11,13-14,16,18,23,29H,3,5,8,10,12,15,17H2,1-2H3,(H,34,41). The number of aromatic nitrogens is 5. The molecule has 0 bridgehead atoms. The van der Waals surface area contributed by atoms with Crippen molar-refractivity contribution in [1.82, 2.24) is 34.2 Å². The molecule has 11 nitrogen and oxygen atoms in total. The maximum Gasteiger partial charge on any atom is 0.387 e. The van der Waals surface area contributed by atoms with Gasteiger partial charge in [-0.25, -0.2) is 9.50 Å². The van der Waals surface area contributed by atoms with Gasteiger partial charge in [-0.2, -0.15) is 19.0 Å². The summed E-state index contributed by atoms with van der Waals surface area (Å²) in [4.78, 5) is 35.9. The van der Waals surface area contributed by atoms with E-state index >= 15 is 0 Å². The predicted octanol–water partition coefficient (Wildman–Crippen LogP) is 4.11. The zero-order valence-electron chi connectivity index (χ0n) is 23.8. The highest BCUT2D eigenvalue weighted by molar-refractivity contribution is 7.98. The summed E-state index contributed by atoms with van der Waals surface area (Å²) in [5.41, 5.74) is 1.40. The van der Waals surface area contributed by atoms with Crippen molar-refractivity contribution >= 4 is 34.9 Å². The summed E-state index contributed by atoms with van der Waals surface area (Å²) in [5, 5.41) is 11.7. The van der Waals surface area contributed by atoms with Gasteiger partial charge in [0, 0.05) is 61.1 Å². The van der Waals surface area contributed by atoms with E-state index in [9.17, 15) is 18.4 Å². The second kappa shape index (κ2) is 12.3. The molecule has 0 radical (unpaired) electrons. The number of anilines is 1. The Kier molecular flexibility index (Phi) is 8.30. The zero-order valence-corrected chi connectivity index (χ0v) is 24.6. The number of nitrogens with zero attached hydrogens (tertiary/aromatic N) is 7. The van der Waals surface area contributed by atoms with Gasteiger partial charge in [0.25, 0.3) is 5.91 Å². The van der Waals surface area contributed by atoms with Crippen molar-refractivity contribution in [3.05, 3.63) is 54.6 Å². The van der Waals surface area contributed by atoms with Crippen molar-refractivity contribution in [2.45, 2.75) is 43.4 Å². The smallest absolute Gasteiger partial charge is 0.387 e. The van der Waals surface area contributed by atoms with E-state index in [4.69, 9.17) is 4.74 Å². The molecule has 1 N–H and O–H groups in total. The summed E-state index contributed by atoms with van der Waals surface area (Å²) in [6.07, 6.45) is 10.6. The number of alkyl halides is 2. The molecule has 0 aliphatic carbocycles. The third-order valence-electron chi connectivity index (χ3n) is 8.16. The fraction of sp³-hybridized carbons (Fsp3) is 0.414. The van der Waals surface area contributed by atoms with Crippen LogP contribution in [-0.2, 0) is 11.3 Å². The molecule has 43 heavy (non-hydrogen) atoms. The van der Waals surface area contributed by atoms with Crippen LogP contribution in [0.15, 0.2) is 53.9 Å². The van der Waals surface area contributed by atoms with Crippen molar-refractivity contribution in [3.8, 4) is 17.0 Å². The summed E-state index contributed by atoms with van der Waals surface area (Å²) in [7, 11) is 2.12. The summed E-state index contributed by atoms with van der Waals surface area (Å²) in [6.45, 7) is -0.286. The van der Waals surface area contributed by atoms with Crippen LogP contribution in [0.3, 0.4) is 0 Å². The number of carbonyl (C=O) groups is 2. The van der Waals surface area contributed by atoms with Gasteiger partial charge in [0.2, 0.25) is 5.91 Å². The van der Waals surface area contributed by atoms with Gasteiger partial charge in [0.15, 0.2) is 5.65 Å². The van der Waals surface area contributed by atoms with E-state index < -0.39 is 12.5 Å². The minimum atomic E-state index is -3.05. The van der Waals surface area contributed by atoms with E-state index in [1.54, 1.807) is 41.5 Å². The number of rotatable bonds is 9. The number of thioether (sulfide) groups is 1. The normalized spacial score (nSPS) is 18.8. The van der Waals surface area contributed by atoms with Crippen LogP contribution < -0.4 is 10.1 Å². The molecule has 14 heteroatoms. The molecule has 2 fully saturated rings. The number of hydrogen-bond acceptors (Lipinski definition) is 8. The Balaban J connectivity index is 1.28. The Labute approximate surface area is 251 Å². The quantitative estimate of drug-likeness (QED) is 0.282. The molecule has 2 aliphatic heterocycles. The number of likely N-dealkylation sites (tertiary alicyclic amines) is 2. The highest BCUT2D eigenvalue weighted by atomic mass is 32.2. The fourth-order valence-corrected chi connectivity index (χ4v) is 6.44. The van der Waals surface area contributed by atoms with E-state index in [-0.39, 0.29) is 47.1 Å². The molecule has 4 aromatic rings. The van der Waals surface area contributed by atoms with Crippen molar-refractivity contribution in [2.24, 2.45) is 5.92 Å². The number of fused-ring (bicyclic) bond motifs is 2. The molecule has 1 aromatic carbocycles. The first-order valence-electron chi connectivity index (χ1n) is 14.1. The average molecular weight is 611 g/mol. The number of halogens is 2. The minimum Gasteiger partial charge on any atom is -0.434 e. The first kappa shape index (κ1) is 29.1. The van der Waals surface area contributed by atoms with Crippen molar-refractivity contribution in [2.75, 3.05) is 38.3 Å². The van der Waals surface area contributed by atoms with E-state index in [0.717, 1.165) is 37.4 Å². The van der Waals surface area contributed by atoms with Crippen molar-refractivity contribution in [3.63, 3.8) is 0 Å². The SMILES string of the molecule is CSc1ccc(OC(F)F)c(-c2nn(CCC(=O)N3CC4CCCN(C)C4C3)cc2NC(=O)c2cnn3cccnc23)c1. The molecule has 226 valence electrons. The van der Waals surface area contributed by atoms with Gasteiger partial charge in [-0.15, -0.1) is 11.8 Å². The third kappa shape index (κ3) is 6.07. The summed E-state index contributed by atoms with van der Waals surface area (Å²) >= 11 is 1.43. The van der Waals surface area contributed by atoms with Crippen LogP contribution in [0.4, 0.5) is 14.5 Å². The van der Waals surface area contributed by atoms with Crippen LogP contribution in [0.5, 0.6) is 5.75 Å². The molecule has 2 atom stereocenters. The fourth-order valence-electron chi connectivity index (χ4n) is 6.00. The van der Waals surface area contributed by atoms with Crippen molar-refractivity contribution < 1.29 is 23.1 Å². The minimum absolute atomic E-state index is 0.0361. The van der Waals surface area contributed by atoms with Crippen LogP contribution in [-0.4, -0.2) is 91.6 Å². The maximum atomic E-state index is 13.4. The van der Waals surface area contributed by atoms with E-state index in [1.165, 1.54) is 28.5 Å². The highest BCUT2D eigenvalue weighted by Gasteiger charge is 2.39. The van der Waals surface area contributed by atoms with Gasteiger partial charge in [-0.05, 0) is 62.9 Å². The van der Waals surface area contributed by atoms with E-state index in [1.807, 2.05) is 11.2 Å². The zero-order chi connectivity index (χ0) is 30.1. The second-order valence-corrected chi connectivity index (χ2v) is 11.7. The average Bonchev–Trinajstić information content (AvgIpc) is 3.73. The van der Waals surface area contributed by atoms with E-state index in [2.05, 4.69) is 32.4 Å². The lowest BCUT2D eigenvalue weighted by atomic mass is 9.93. The molecule has 2 unspecified atom stereocenters. The largest absolute Gasteiger partial charge is 0.434 e. The topological polar surface area (TPSA) is 110 Å². The lowest BCUT2D eigenvalue weighted by molar-refractivity contribution is -0.130. The third-order valence-corrected chi connectivity index (χ3v) is 8.88. The molecule has 6 rings (SSSR count). The first-order chi connectivity index (χ1) is 20.8. The Morgan fingerprint density at radius 3 is 2.91 bits per heavy atom. The lowest BCUT2D eigenvalue weighted by Gasteiger charge is -2.33. The van der Waals surface area contributed by atoms with Crippen LogP contribution in [0.25, 0.3) is 16.9 Å². The van der Waals surface area contributed by atoms with Crippen LogP contribution in [0, 0.1) is 5.92 Å². The predicted molar refractivity (Wildman–Crippen MR) is 157 cm³/mol. The van der Waals surface area contributed by atoms with Gasteiger partial charge >= 0.3 is 6.61 Å². The summed E-state index contributed by atoms with van der Waals surface area (Å²) < 4.78 is 34.6. The van der Waals surface area contributed by atoms with Gasteiger partial charge < -0.3 is 19.9 Å². The molecular weight excluding hydrogens is 578 g/mol. The Morgan fingerprint density at radius 2 is 2.12 bits per heavy atom. The molecule has 5 heterocycles.